The van der Waals surface area contributed by atoms with Gasteiger partial charge in [0.15, 0.2) is 11.6 Å². The summed E-state index contributed by atoms with van der Waals surface area (Å²) in [7, 11) is 1.19. The van der Waals surface area contributed by atoms with Crippen LogP contribution in [-0.2, 0) is 0 Å². The van der Waals surface area contributed by atoms with Crippen molar-refractivity contribution in [3.8, 4) is 0 Å². The number of carbonyl (C=O) groups excluding carboxylic acids is 2. The maximum atomic E-state index is 13.9. The smallest absolute Gasteiger partial charge is 0.276 e. The monoisotopic (exact) mass is 351 g/mol. The predicted molar refractivity (Wildman–Crippen MR) is 81.7 cm³/mol. The van der Waals surface area contributed by atoms with E-state index in [9.17, 15) is 22.8 Å². The number of rotatable bonds is 4. The zero-order chi connectivity index (χ0) is 18.6. The summed E-state index contributed by atoms with van der Waals surface area (Å²) < 4.78 is 40.6. The molecule has 2 aromatic carbocycles. The topological polar surface area (TPSA) is 82.0 Å². The number of amides is 2. The molecule has 9 heteroatoms. The number of hydroxylamine groups is 1. The molecule has 130 valence electrons. The Labute approximate surface area is 140 Å². The molecule has 0 radical (unpaired) electrons. The number of hydrogen-bond donors (Lipinski definition) is 2. The van der Waals surface area contributed by atoms with Crippen LogP contribution >= 0.6 is 0 Å². The maximum absolute atomic E-state index is 13.9. The van der Waals surface area contributed by atoms with Gasteiger partial charge < -0.3 is 0 Å². The SMILES string of the molecule is CN(N=Cc1ccc(C(=O)NO)cc1F)C(=O)c1cccc(F)c1F. The Morgan fingerprint density at radius 1 is 1.16 bits per heavy atom. The van der Waals surface area contributed by atoms with E-state index < -0.39 is 34.8 Å². The lowest BCUT2D eigenvalue weighted by atomic mass is 10.1. The number of nitrogens with one attached hydrogen (secondary N) is 1. The lowest BCUT2D eigenvalue weighted by molar-refractivity contribution is 0.0705. The van der Waals surface area contributed by atoms with Crippen molar-refractivity contribution in [2.24, 2.45) is 5.10 Å². The summed E-state index contributed by atoms with van der Waals surface area (Å²) in [4.78, 5) is 23.2. The normalized spacial score (nSPS) is 10.8. The van der Waals surface area contributed by atoms with Crippen molar-refractivity contribution in [2.75, 3.05) is 7.05 Å². The standard InChI is InChI=1S/C16H12F3N3O3/c1-22(16(24)11-3-2-4-12(17)14(11)19)20-8-10-6-5-9(7-13(10)18)15(23)21-25/h2-8,25H,1H3,(H,21,23). The van der Waals surface area contributed by atoms with Crippen LogP contribution in [-0.4, -0.2) is 35.3 Å². The highest BCUT2D eigenvalue weighted by molar-refractivity contribution is 5.96. The van der Waals surface area contributed by atoms with Gasteiger partial charge in [-0.05, 0) is 30.3 Å². The summed E-state index contributed by atoms with van der Waals surface area (Å²) in [5, 5.41) is 12.9. The van der Waals surface area contributed by atoms with E-state index in [1.54, 1.807) is 0 Å². The van der Waals surface area contributed by atoms with Gasteiger partial charge in [-0.1, -0.05) is 6.07 Å². The third kappa shape index (κ3) is 4.01. The summed E-state index contributed by atoms with van der Waals surface area (Å²) in [6.07, 6.45) is 0.977. The number of hydrazone groups is 1. The molecule has 0 spiro atoms. The fourth-order valence-corrected chi connectivity index (χ4v) is 1.88. The minimum Gasteiger partial charge on any atom is -0.288 e. The van der Waals surface area contributed by atoms with E-state index in [2.05, 4.69) is 5.10 Å². The van der Waals surface area contributed by atoms with Crippen LogP contribution in [0.15, 0.2) is 41.5 Å². The molecule has 2 N–H and O–H groups in total. The van der Waals surface area contributed by atoms with Crippen molar-refractivity contribution in [2.45, 2.75) is 0 Å². The van der Waals surface area contributed by atoms with E-state index in [1.807, 2.05) is 0 Å². The van der Waals surface area contributed by atoms with Crippen LogP contribution in [0.25, 0.3) is 0 Å². The molecule has 0 saturated heterocycles. The Bertz CT molecular complexity index is 856. The molecule has 0 aliphatic carbocycles. The molecule has 0 aliphatic heterocycles. The second-order valence-electron chi connectivity index (χ2n) is 4.85. The first-order valence-electron chi connectivity index (χ1n) is 6.85. The highest BCUT2D eigenvalue weighted by atomic mass is 19.2. The predicted octanol–water partition coefficient (Wildman–Crippen LogP) is 2.33. The van der Waals surface area contributed by atoms with Gasteiger partial charge >= 0.3 is 0 Å². The molecule has 0 aliphatic rings. The first kappa shape index (κ1) is 18.1. The van der Waals surface area contributed by atoms with E-state index in [4.69, 9.17) is 5.21 Å². The van der Waals surface area contributed by atoms with Gasteiger partial charge in [-0.25, -0.2) is 23.7 Å². The van der Waals surface area contributed by atoms with Gasteiger partial charge in [0.1, 0.15) is 5.82 Å². The van der Waals surface area contributed by atoms with Gasteiger partial charge in [-0.3, -0.25) is 14.8 Å². The zero-order valence-electron chi connectivity index (χ0n) is 12.8. The fraction of sp³-hybridized carbons (Fsp3) is 0.0625. The van der Waals surface area contributed by atoms with Crippen molar-refractivity contribution >= 4 is 18.0 Å². The number of halogens is 3. The van der Waals surface area contributed by atoms with E-state index in [1.165, 1.54) is 30.7 Å². The molecule has 0 atom stereocenters. The van der Waals surface area contributed by atoms with Crippen molar-refractivity contribution in [1.29, 1.82) is 0 Å². The molecule has 2 amide bonds. The van der Waals surface area contributed by atoms with Crippen molar-refractivity contribution in [3.63, 3.8) is 0 Å². The van der Waals surface area contributed by atoms with Crippen LogP contribution in [0.4, 0.5) is 13.2 Å². The highest BCUT2D eigenvalue weighted by Gasteiger charge is 2.18. The van der Waals surface area contributed by atoms with Gasteiger partial charge in [-0.15, -0.1) is 0 Å². The number of nitrogens with zero attached hydrogens (tertiary/aromatic N) is 2. The molecule has 0 aromatic heterocycles. The Balaban J connectivity index is 2.19. The molecule has 0 fully saturated rings. The minimum atomic E-state index is -1.31. The molecule has 6 nitrogen and oxygen atoms in total. The van der Waals surface area contributed by atoms with E-state index in [0.29, 0.717) is 5.01 Å². The second-order valence-corrected chi connectivity index (χ2v) is 4.85. The fourth-order valence-electron chi connectivity index (χ4n) is 1.88. The van der Waals surface area contributed by atoms with Gasteiger partial charge in [0, 0.05) is 18.2 Å². The average molecular weight is 351 g/mol. The molecular weight excluding hydrogens is 339 g/mol. The van der Waals surface area contributed by atoms with Crippen LogP contribution in [0.5, 0.6) is 0 Å². The Morgan fingerprint density at radius 2 is 1.88 bits per heavy atom. The second kappa shape index (κ2) is 7.58. The lowest BCUT2D eigenvalue weighted by Gasteiger charge is -2.11. The number of carbonyl (C=O) groups is 2. The molecular formula is C16H12F3N3O3. The van der Waals surface area contributed by atoms with E-state index in [0.717, 1.165) is 24.4 Å². The van der Waals surface area contributed by atoms with Gasteiger partial charge in [0.25, 0.3) is 11.8 Å². The molecule has 0 saturated carbocycles. The van der Waals surface area contributed by atoms with Gasteiger partial charge in [0.2, 0.25) is 0 Å². The zero-order valence-corrected chi connectivity index (χ0v) is 12.8. The Morgan fingerprint density at radius 3 is 2.52 bits per heavy atom. The molecule has 0 unspecified atom stereocenters. The quantitative estimate of drug-likeness (QED) is 0.504. The van der Waals surface area contributed by atoms with Crippen LogP contribution in [0.3, 0.4) is 0 Å². The van der Waals surface area contributed by atoms with Gasteiger partial charge in [0.05, 0.1) is 11.8 Å². The van der Waals surface area contributed by atoms with E-state index in [-0.39, 0.29) is 11.1 Å². The number of hydrogen-bond acceptors (Lipinski definition) is 4. The lowest BCUT2D eigenvalue weighted by Crippen LogP contribution is -2.23. The van der Waals surface area contributed by atoms with Crippen molar-refractivity contribution in [3.05, 3.63) is 70.5 Å². The van der Waals surface area contributed by atoms with Crippen molar-refractivity contribution in [1.82, 2.24) is 10.5 Å². The summed E-state index contributed by atoms with van der Waals surface area (Å²) >= 11 is 0. The van der Waals surface area contributed by atoms with Crippen LogP contribution in [0.1, 0.15) is 26.3 Å². The molecule has 25 heavy (non-hydrogen) atoms. The van der Waals surface area contributed by atoms with Gasteiger partial charge in [-0.2, -0.15) is 5.10 Å². The molecule has 2 rings (SSSR count). The maximum Gasteiger partial charge on any atom is 0.276 e. The summed E-state index contributed by atoms with van der Waals surface area (Å²) in [5.41, 5.74) is 0.661. The van der Waals surface area contributed by atoms with Crippen LogP contribution in [0.2, 0.25) is 0 Å². The third-order valence-corrected chi connectivity index (χ3v) is 3.21. The first-order valence-corrected chi connectivity index (χ1v) is 6.85. The summed E-state index contributed by atoms with van der Waals surface area (Å²) in [6, 6.07) is 6.42. The van der Waals surface area contributed by atoms with Crippen LogP contribution < -0.4 is 5.48 Å². The van der Waals surface area contributed by atoms with Crippen LogP contribution in [0, 0.1) is 17.5 Å². The summed E-state index contributed by atoms with van der Waals surface area (Å²) in [5.74, 6) is -5.13. The van der Waals surface area contributed by atoms with E-state index >= 15 is 0 Å². The summed E-state index contributed by atoms with van der Waals surface area (Å²) in [6.45, 7) is 0. The third-order valence-electron chi connectivity index (χ3n) is 3.21. The largest absolute Gasteiger partial charge is 0.288 e. The molecule has 2 aromatic rings. The average Bonchev–Trinajstić information content (AvgIpc) is 2.61. The minimum absolute atomic E-state index is 0.0612. The first-order chi connectivity index (χ1) is 11.8. The molecule has 0 heterocycles. The Hall–Kier alpha value is -3.20. The Kier molecular flexibility index (Phi) is 5.50. The number of benzene rings is 2. The highest BCUT2D eigenvalue weighted by Crippen LogP contribution is 2.14. The van der Waals surface area contributed by atoms with Crippen molar-refractivity contribution < 1.29 is 28.0 Å². The molecule has 0 bridgehead atoms.